The van der Waals surface area contributed by atoms with Crippen molar-refractivity contribution >= 4 is 17.3 Å². The minimum absolute atomic E-state index is 0.0984. The van der Waals surface area contributed by atoms with E-state index in [2.05, 4.69) is 6.92 Å². The number of nitrogens with two attached hydrogens (primary N) is 1. The van der Waals surface area contributed by atoms with Gasteiger partial charge < -0.3 is 15.4 Å². The smallest absolute Gasteiger partial charge is 0.340 e. The molecule has 1 unspecified atom stereocenters. The molecule has 2 N–H and O–H groups in total. The van der Waals surface area contributed by atoms with Crippen LogP contribution in [0.25, 0.3) is 0 Å². The van der Waals surface area contributed by atoms with Crippen LogP contribution in [0.15, 0.2) is 12.1 Å². The molecule has 0 amide bonds. The Balaban J connectivity index is 3.14. The van der Waals surface area contributed by atoms with Gasteiger partial charge in [-0.2, -0.15) is 0 Å². The molecule has 0 spiro atoms. The zero-order chi connectivity index (χ0) is 15.3. The molecule has 0 saturated heterocycles. The van der Waals surface area contributed by atoms with E-state index in [4.69, 9.17) is 10.5 Å². The Morgan fingerprint density at radius 3 is 2.65 bits per heavy atom. The van der Waals surface area contributed by atoms with Crippen molar-refractivity contribution in [2.75, 3.05) is 24.3 Å². The Bertz CT molecular complexity index is 477. The van der Waals surface area contributed by atoms with Crippen LogP contribution in [0.4, 0.5) is 15.8 Å². The first-order valence-electron chi connectivity index (χ1n) is 6.91. The van der Waals surface area contributed by atoms with E-state index in [9.17, 15) is 9.18 Å². The number of anilines is 2. The number of rotatable bonds is 6. The van der Waals surface area contributed by atoms with Crippen molar-refractivity contribution in [2.24, 2.45) is 0 Å². The summed E-state index contributed by atoms with van der Waals surface area (Å²) in [5.74, 6) is -0.955. The largest absolute Gasteiger partial charge is 0.462 e. The molecular formula is C15H23FN2O2. The lowest BCUT2D eigenvalue weighted by molar-refractivity contribution is 0.0527. The fourth-order valence-electron chi connectivity index (χ4n) is 2.08. The van der Waals surface area contributed by atoms with Crippen LogP contribution in [0.1, 0.15) is 44.0 Å². The van der Waals surface area contributed by atoms with Crippen molar-refractivity contribution in [1.82, 2.24) is 0 Å². The van der Waals surface area contributed by atoms with Crippen LogP contribution in [0, 0.1) is 5.82 Å². The highest BCUT2D eigenvalue weighted by Gasteiger charge is 2.19. The molecule has 0 saturated carbocycles. The Labute approximate surface area is 119 Å². The van der Waals surface area contributed by atoms with Crippen molar-refractivity contribution in [3.8, 4) is 0 Å². The van der Waals surface area contributed by atoms with E-state index in [1.807, 2.05) is 18.9 Å². The Hall–Kier alpha value is -1.78. The maximum absolute atomic E-state index is 14.1. The quantitative estimate of drug-likeness (QED) is 0.643. The van der Waals surface area contributed by atoms with Crippen LogP contribution in [0.2, 0.25) is 0 Å². The molecule has 0 aliphatic carbocycles. The Morgan fingerprint density at radius 2 is 2.10 bits per heavy atom. The van der Waals surface area contributed by atoms with Crippen LogP contribution >= 0.6 is 0 Å². The summed E-state index contributed by atoms with van der Waals surface area (Å²) >= 11 is 0. The topological polar surface area (TPSA) is 55.6 Å². The number of nitrogen functional groups attached to an aromatic ring is 1. The SMILES string of the molecule is CCCC(C)N(C)c1cc(C(=O)OCC)c(N)cc1F. The van der Waals surface area contributed by atoms with E-state index in [-0.39, 0.29) is 23.9 Å². The molecule has 1 atom stereocenters. The average molecular weight is 282 g/mol. The van der Waals surface area contributed by atoms with Gasteiger partial charge in [0.1, 0.15) is 5.82 Å². The van der Waals surface area contributed by atoms with Gasteiger partial charge in [0, 0.05) is 18.8 Å². The number of halogens is 1. The van der Waals surface area contributed by atoms with Crippen LogP contribution in [0.5, 0.6) is 0 Å². The van der Waals surface area contributed by atoms with E-state index >= 15 is 0 Å². The molecule has 0 heterocycles. The van der Waals surface area contributed by atoms with Crippen molar-refractivity contribution in [3.05, 3.63) is 23.5 Å². The predicted molar refractivity (Wildman–Crippen MR) is 79.5 cm³/mol. The highest BCUT2D eigenvalue weighted by Crippen LogP contribution is 2.27. The van der Waals surface area contributed by atoms with Crippen molar-refractivity contribution in [3.63, 3.8) is 0 Å². The second kappa shape index (κ2) is 7.12. The van der Waals surface area contributed by atoms with Crippen molar-refractivity contribution < 1.29 is 13.9 Å². The lowest BCUT2D eigenvalue weighted by atomic mass is 10.1. The molecule has 112 valence electrons. The number of carbonyl (C=O) groups excluding carboxylic acids is 1. The van der Waals surface area contributed by atoms with E-state index in [1.165, 1.54) is 12.1 Å². The molecule has 0 aliphatic heterocycles. The number of esters is 1. The average Bonchev–Trinajstić information content (AvgIpc) is 2.38. The first-order chi connectivity index (χ1) is 9.42. The summed E-state index contributed by atoms with van der Waals surface area (Å²) in [6.45, 7) is 6.07. The van der Waals surface area contributed by atoms with Gasteiger partial charge in [-0.25, -0.2) is 9.18 Å². The van der Waals surface area contributed by atoms with Crippen LogP contribution in [0.3, 0.4) is 0 Å². The third-order valence-corrected chi connectivity index (χ3v) is 3.36. The summed E-state index contributed by atoms with van der Waals surface area (Å²) in [5, 5.41) is 0. The molecule has 1 aromatic carbocycles. The molecule has 4 nitrogen and oxygen atoms in total. The third-order valence-electron chi connectivity index (χ3n) is 3.36. The van der Waals surface area contributed by atoms with Crippen LogP contribution < -0.4 is 10.6 Å². The highest BCUT2D eigenvalue weighted by molar-refractivity contribution is 5.96. The van der Waals surface area contributed by atoms with Gasteiger partial charge in [-0.1, -0.05) is 13.3 Å². The number of ether oxygens (including phenoxy) is 1. The molecule has 0 fully saturated rings. The summed E-state index contributed by atoms with van der Waals surface area (Å²) in [6.07, 6.45) is 1.95. The van der Waals surface area contributed by atoms with Gasteiger partial charge in [-0.3, -0.25) is 0 Å². The lowest BCUT2D eigenvalue weighted by Gasteiger charge is -2.27. The maximum Gasteiger partial charge on any atom is 0.340 e. The standard InChI is InChI=1S/C15H23FN2O2/c1-5-7-10(3)18(4)14-8-11(15(19)20-6-2)13(17)9-12(14)16/h8-10H,5-7,17H2,1-4H3. The van der Waals surface area contributed by atoms with Crippen molar-refractivity contribution in [1.29, 1.82) is 0 Å². The number of hydrogen-bond donors (Lipinski definition) is 1. The minimum Gasteiger partial charge on any atom is -0.462 e. The molecule has 0 bridgehead atoms. The molecule has 0 radical (unpaired) electrons. The van der Waals surface area contributed by atoms with Crippen molar-refractivity contribution in [2.45, 2.75) is 39.7 Å². The normalized spacial score (nSPS) is 12.1. The van der Waals surface area contributed by atoms with Crippen LogP contribution in [-0.2, 0) is 4.74 Å². The number of hydrogen-bond acceptors (Lipinski definition) is 4. The van der Waals surface area contributed by atoms with Gasteiger partial charge in [-0.05, 0) is 32.4 Å². The molecule has 5 heteroatoms. The molecule has 1 aromatic rings. The van der Waals surface area contributed by atoms with Gasteiger partial charge in [0.15, 0.2) is 0 Å². The van der Waals surface area contributed by atoms with E-state index in [0.717, 1.165) is 12.8 Å². The fraction of sp³-hybridized carbons (Fsp3) is 0.533. The number of benzene rings is 1. The molecule has 20 heavy (non-hydrogen) atoms. The monoisotopic (exact) mass is 282 g/mol. The zero-order valence-electron chi connectivity index (χ0n) is 12.6. The Morgan fingerprint density at radius 1 is 1.45 bits per heavy atom. The predicted octanol–water partition coefficient (Wildman–Crippen LogP) is 3.21. The summed E-state index contributed by atoms with van der Waals surface area (Å²) < 4.78 is 19.0. The number of carbonyl (C=O) groups is 1. The summed E-state index contributed by atoms with van der Waals surface area (Å²) in [4.78, 5) is 13.6. The maximum atomic E-state index is 14.1. The molecular weight excluding hydrogens is 259 g/mol. The first-order valence-corrected chi connectivity index (χ1v) is 6.91. The van der Waals surface area contributed by atoms with Gasteiger partial charge in [-0.15, -0.1) is 0 Å². The van der Waals surface area contributed by atoms with Crippen LogP contribution in [-0.4, -0.2) is 25.7 Å². The molecule has 0 aromatic heterocycles. The lowest BCUT2D eigenvalue weighted by Crippen LogP contribution is -2.29. The Kier molecular flexibility index (Phi) is 5.80. The van der Waals surface area contributed by atoms with Gasteiger partial charge in [0.2, 0.25) is 0 Å². The molecule has 1 rings (SSSR count). The third kappa shape index (κ3) is 3.62. The van der Waals surface area contributed by atoms with E-state index in [0.29, 0.717) is 5.69 Å². The first kappa shape index (κ1) is 16.3. The van der Waals surface area contributed by atoms with E-state index in [1.54, 1.807) is 6.92 Å². The fourth-order valence-corrected chi connectivity index (χ4v) is 2.08. The summed E-state index contributed by atoms with van der Waals surface area (Å²) in [7, 11) is 1.81. The van der Waals surface area contributed by atoms with E-state index < -0.39 is 11.8 Å². The summed E-state index contributed by atoms with van der Waals surface area (Å²) in [5.41, 5.74) is 6.37. The second-order valence-electron chi connectivity index (χ2n) is 4.86. The zero-order valence-corrected chi connectivity index (χ0v) is 12.6. The number of nitrogens with zero attached hydrogens (tertiary/aromatic N) is 1. The second-order valence-corrected chi connectivity index (χ2v) is 4.86. The van der Waals surface area contributed by atoms with Gasteiger partial charge >= 0.3 is 5.97 Å². The summed E-state index contributed by atoms with van der Waals surface area (Å²) in [6, 6.07) is 2.82. The molecule has 0 aliphatic rings. The minimum atomic E-state index is -0.525. The van der Waals surface area contributed by atoms with Gasteiger partial charge in [0.25, 0.3) is 0 Å². The highest BCUT2D eigenvalue weighted by atomic mass is 19.1. The van der Waals surface area contributed by atoms with Gasteiger partial charge in [0.05, 0.1) is 17.9 Å².